The number of aliphatic hydroxyl groups is 4. The number of hydrogen-bond donors (Lipinski definition) is 8. The lowest BCUT2D eigenvalue weighted by atomic mass is 9.84. The van der Waals surface area contributed by atoms with Crippen LogP contribution in [0.25, 0.3) is 0 Å². The molecule has 1 aliphatic carbocycles. The average Bonchev–Trinajstić information content (AvgIpc) is 2.71. The SMILES string of the molecule is CNC1C(O)C(OC2C(N)CC(N)C(OC3OC(CO)=CCC3N)C2O)OCC1(C)O. The minimum absolute atomic E-state index is 0.0846. The number of aliphatic hydroxyl groups excluding tert-OH is 3. The van der Waals surface area contributed by atoms with E-state index in [0.29, 0.717) is 12.2 Å². The van der Waals surface area contributed by atoms with Crippen LogP contribution in [-0.4, -0.2) is 107 Å². The van der Waals surface area contributed by atoms with Crippen molar-refractivity contribution in [1.82, 2.24) is 5.32 Å². The summed E-state index contributed by atoms with van der Waals surface area (Å²) in [6.07, 6.45) is -4.00. The van der Waals surface area contributed by atoms with Gasteiger partial charge in [-0.3, -0.25) is 0 Å². The van der Waals surface area contributed by atoms with E-state index in [1.165, 1.54) is 0 Å². The molecule has 31 heavy (non-hydrogen) atoms. The molecule has 0 aromatic carbocycles. The zero-order valence-corrected chi connectivity index (χ0v) is 17.8. The van der Waals surface area contributed by atoms with Gasteiger partial charge in [-0.15, -0.1) is 0 Å². The first-order valence-electron chi connectivity index (χ1n) is 10.5. The fourth-order valence-electron chi connectivity index (χ4n) is 4.41. The van der Waals surface area contributed by atoms with E-state index in [-0.39, 0.29) is 19.6 Å². The smallest absolute Gasteiger partial charge is 0.215 e. The van der Waals surface area contributed by atoms with Crippen LogP contribution in [0.3, 0.4) is 0 Å². The highest BCUT2D eigenvalue weighted by atomic mass is 16.7. The molecule has 0 bridgehead atoms. The van der Waals surface area contributed by atoms with Gasteiger partial charge in [-0.2, -0.15) is 0 Å². The molecule has 3 aliphatic rings. The Balaban J connectivity index is 1.69. The highest BCUT2D eigenvalue weighted by Crippen LogP contribution is 2.31. The Bertz CT molecular complexity index is 638. The van der Waals surface area contributed by atoms with Gasteiger partial charge in [0.2, 0.25) is 6.29 Å². The van der Waals surface area contributed by atoms with Crippen LogP contribution in [0.4, 0.5) is 0 Å². The number of nitrogens with one attached hydrogen (secondary N) is 1. The average molecular weight is 449 g/mol. The van der Waals surface area contributed by atoms with Crippen molar-refractivity contribution in [3.8, 4) is 0 Å². The summed E-state index contributed by atoms with van der Waals surface area (Å²) in [7, 11) is 1.61. The topological polar surface area (TPSA) is 208 Å². The summed E-state index contributed by atoms with van der Waals surface area (Å²) in [4.78, 5) is 0. The third-order valence-electron chi connectivity index (χ3n) is 6.18. The molecule has 11 unspecified atom stereocenters. The quantitative estimate of drug-likeness (QED) is 0.197. The second kappa shape index (κ2) is 9.93. The Kier molecular flexibility index (Phi) is 7.92. The fraction of sp³-hybridized carbons (Fsp3) is 0.895. The summed E-state index contributed by atoms with van der Waals surface area (Å²) in [5, 5.41) is 44.2. The third-order valence-corrected chi connectivity index (χ3v) is 6.18. The van der Waals surface area contributed by atoms with Crippen molar-refractivity contribution in [2.24, 2.45) is 17.2 Å². The number of nitrogens with two attached hydrogens (primary N) is 3. The molecular formula is C19H36N4O8. The van der Waals surface area contributed by atoms with Crippen molar-refractivity contribution in [1.29, 1.82) is 0 Å². The highest BCUT2D eigenvalue weighted by Gasteiger charge is 2.50. The Morgan fingerprint density at radius 1 is 1.10 bits per heavy atom. The van der Waals surface area contributed by atoms with Gasteiger partial charge in [-0.25, -0.2) is 0 Å². The van der Waals surface area contributed by atoms with Crippen LogP contribution in [0.2, 0.25) is 0 Å². The molecule has 2 heterocycles. The molecule has 0 aromatic rings. The fourth-order valence-corrected chi connectivity index (χ4v) is 4.41. The Hall–Kier alpha value is -0.900. The first-order valence-corrected chi connectivity index (χ1v) is 10.5. The molecule has 180 valence electrons. The summed E-state index contributed by atoms with van der Waals surface area (Å²) in [5.74, 6) is 0.332. The molecule has 12 nitrogen and oxygen atoms in total. The van der Waals surface area contributed by atoms with Crippen LogP contribution < -0.4 is 22.5 Å². The Morgan fingerprint density at radius 3 is 2.29 bits per heavy atom. The van der Waals surface area contributed by atoms with E-state index in [9.17, 15) is 20.4 Å². The first kappa shape index (κ1) is 24.7. The van der Waals surface area contributed by atoms with Gasteiger partial charge in [0.15, 0.2) is 6.29 Å². The van der Waals surface area contributed by atoms with E-state index >= 15 is 0 Å². The van der Waals surface area contributed by atoms with Gasteiger partial charge in [0.1, 0.15) is 42.4 Å². The minimum atomic E-state index is -1.30. The molecule has 3 rings (SSSR count). The second-order valence-corrected chi connectivity index (χ2v) is 8.76. The normalized spacial score (nSPS) is 48.7. The summed E-state index contributed by atoms with van der Waals surface area (Å²) in [6.45, 7) is 1.16. The van der Waals surface area contributed by atoms with Crippen molar-refractivity contribution >= 4 is 0 Å². The van der Waals surface area contributed by atoms with E-state index in [4.69, 9.17) is 36.1 Å². The lowest BCUT2D eigenvalue weighted by Crippen LogP contribution is -2.68. The first-order chi connectivity index (χ1) is 14.6. The summed E-state index contributed by atoms with van der Waals surface area (Å²) in [6, 6.07) is -2.49. The molecule has 12 heteroatoms. The Morgan fingerprint density at radius 2 is 1.71 bits per heavy atom. The molecule has 2 fully saturated rings. The van der Waals surface area contributed by atoms with Gasteiger partial charge in [0.25, 0.3) is 0 Å². The van der Waals surface area contributed by atoms with E-state index in [1.54, 1.807) is 20.0 Å². The standard InChI is InChI=1S/C19H36N4O8/c1-19(27)7-28-18(13(26)16(19)23-2)31-15-11(22)5-10(21)14(12(15)25)30-17-9(20)4-3-8(6-24)29-17/h3,9-18,23-27H,4-7,20-22H2,1-2H3. The van der Waals surface area contributed by atoms with Crippen molar-refractivity contribution in [3.63, 3.8) is 0 Å². The van der Waals surface area contributed by atoms with Crippen LogP contribution in [0.5, 0.6) is 0 Å². The van der Waals surface area contributed by atoms with Crippen molar-refractivity contribution in [3.05, 3.63) is 11.8 Å². The lowest BCUT2D eigenvalue weighted by Gasteiger charge is -2.48. The summed E-state index contributed by atoms with van der Waals surface area (Å²) in [5.41, 5.74) is 17.1. The highest BCUT2D eigenvalue weighted by molar-refractivity contribution is 5.04. The number of ether oxygens (including phenoxy) is 4. The zero-order valence-electron chi connectivity index (χ0n) is 17.8. The van der Waals surface area contributed by atoms with E-state index < -0.39 is 66.8 Å². The maximum Gasteiger partial charge on any atom is 0.215 e. The van der Waals surface area contributed by atoms with Crippen LogP contribution in [0, 0.1) is 0 Å². The largest absolute Gasteiger partial charge is 0.465 e. The molecule has 11 N–H and O–H groups in total. The van der Waals surface area contributed by atoms with Gasteiger partial charge >= 0.3 is 0 Å². The van der Waals surface area contributed by atoms with Crippen molar-refractivity contribution in [2.45, 2.75) is 86.5 Å². The van der Waals surface area contributed by atoms with Gasteiger partial charge in [-0.1, -0.05) is 0 Å². The van der Waals surface area contributed by atoms with Crippen LogP contribution in [-0.2, 0) is 18.9 Å². The molecule has 0 amide bonds. The summed E-state index contributed by atoms with van der Waals surface area (Å²) >= 11 is 0. The molecule has 11 atom stereocenters. The Labute approximate surface area is 181 Å². The molecular weight excluding hydrogens is 412 g/mol. The molecule has 0 radical (unpaired) electrons. The maximum absolute atomic E-state index is 11.0. The van der Waals surface area contributed by atoms with E-state index in [1.807, 2.05) is 0 Å². The van der Waals surface area contributed by atoms with Crippen LogP contribution in [0.15, 0.2) is 11.8 Å². The van der Waals surface area contributed by atoms with Gasteiger partial charge < -0.3 is 61.9 Å². The number of hydrogen-bond acceptors (Lipinski definition) is 12. The predicted molar refractivity (Wildman–Crippen MR) is 108 cm³/mol. The number of rotatable bonds is 6. The lowest BCUT2D eigenvalue weighted by molar-refractivity contribution is -0.303. The van der Waals surface area contributed by atoms with Crippen molar-refractivity contribution in [2.75, 3.05) is 20.3 Å². The maximum atomic E-state index is 11.0. The van der Waals surface area contributed by atoms with Crippen LogP contribution in [0.1, 0.15) is 19.8 Å². The molecule has 0 spiro atoms. The predicted octanol–water partition coefficient (Wildman–Crippen LogP) is -3.82. The third kappa shape index (κ3) is 5.20. The van der Waals surface area contributed by atoms with Gasteiger partial charge in [-0.05, 0) is 32.9 Å². The monoisotopic (exact) mass is 448 g/mol. The van der Waals surface area contributed by atoms with Gasteiger partial charge in [0.05, 0.1) is 18.7 Å². The molecule has 1 saturated heterocycles. The van der Waals surface area contributed by atoms with E-state index in [2.05, 4.69) is 5.32 Å². The summed E-state index contributed by atoms with van der Waals surface area (Å²) < 4.78 is 22.8. The minimum Gasteiger partial charge on any atom is -0.465 e. The molecule has 1 saturated carbocycles. The molecule has 0 aromatic heterocycles. The number of likely N-dealkylation sites (N-methyl/N-ethyl adjacent to an activating group) is 1. The molecule has 2 aliphatic heterocycles. The van der Waals surface area contributed by atoms with E-state index in [0.717, 1.165) is 0 Å². The van der Waals surface area contributed by atoms with Crippen molar-refractivity contribution < 1.29 is 39.4 Å². The van der Waals surface area contributed by atoms with Crippen LogP contribution >= 0.6 is 0 Å². The second-order valence-electron chi connectivity index (χ2n) is 8.76. The zero-order chi connectivity index (χ0) is 22.9. The van der Waals surface area contributed by atoms with Gasteiger partial charge in [0, 0.05) is 12.1 Å².